The zero-order chi connectivity index (χ0) is 22.2. The van der Waals surface area contributed by atoms with Crippen LogP contribution in [0.3, 0.4) is 0 Å². The molecule has 3 aromatic heterocycles. The molecular formula is C21H21N5O3S2. The maximum Gasteiger partial charge on any atom is 0.271 e. The van der Waals surface area contributed by atoms with E-state index in [0.29, 0.717) is 23.1 Å². The zero-order valence-electron chi connectivity index (χ0n) is 17.4. The number of ether oxygens (including phenoxy) is 1. The summed E-state index contributed by atoms with van der Waals surface area (Å²) in [6.07, 6.45) is 1.42. The minimum absolute atomic E-state index is 0.276. The Morgan fingerprint density at radius 3 is 2.35 bits per heavy atom. The molecule has 0 bridgehead atoms. The Balaban J connectivity index is 1.50. The summed E-state index contributed by atoms with van der Waals surface area (Å²) in [6.45, 7) is 7.81. The summed E-state index contributed by atoms with van der Waals surface area (Å²) in [4.78, 5) is 9.38. The van der Waals surface area contributed by atoms with Crippen LogP contribution in [-0.4, -0.2) is 28.2 Å². The van der Waals surface area contributed by atoms with Gasteiger partial charge in [-0.3, -0.25) is 4.72 Å². The van der Waals surface area contributed by atoms with E-state index in [2.05, 4.69) is 19.8 Å². The number of anilines is 1. The molecule has 8 nitrogen and oxygen atoms in total. The SMILES string of the molecule is Cc1ccc(S(=O)(=O)Nc2ccc(Oc3cc(-n4nc(C)c(C)c4C)ncn3)cc2)s1. The maximum atomic E-state index is 12.5. The molecule has 4 rings (SSSR count). The minimum Gasteiger partial charge on any atom is -0.439 e. The van der Waals surface area contributed by atoms with Crippen molar-refractivity contribution in [3.05, 3.63) is 70.6 Å². The van der Waals surface area contributed by atoms with Crippen molar-refractivity contribution in [3.63, 3.8) is 0 Å². The summed E-state index contributed by atoms with van der Waals surface area (Å²) in [7, 11) is -3.61. The van der Waals surface area contributed by atoms with E-state index in [-0.39, 0.29) is 4.21 Å². The van der Waals surface area contributed by atoms with Gasteiger partial charge < -0.3 is 4.74 Å². The number of aromatic nitrogens is 4. The van der Waals surface area contributed by atoms with Crippen molar-refractivity contribution in [3.8, 4) is 17.4 Å². The van der Waals surface area contributed by atoms with E-state index in [1.165, 1.54) is 17.7 Å². The predicted octanol–water partition coefficient (Wildman–Crippen LogP) is 4.55. The highest BCUT2D eigenvalue weighted by Gasteiger charge is 2.16. The standard InChI is InChI=1S/C21H21N5O3S2/c1-13-5-10-21(30-13)31(27,28)25-17-6-8-18(9-7-17)29-20-11-19(22-12-23-20)26-16(4)14(2)15(3)24-26/h5-12,25H,1-4H3. The number of hydrogen-bond acceptors (Lipinski definition) is 7. The molecule has 0 aliphatic rings. The highest BCUT2D eigenvalue weighted by Crippen LogP contribution is 2.26. The minimum atomic E-state index is -3.61. The molecule has 1 N–H and O–H groups in total. The zero-order valence-corrected chi connectivity index (χ0v) is 19.1. The van der Waals surface area contributed by atoms with E-state index in [1.54, 1.807) is 47.1 Å². The molecule has 0 saturated heterocycles. The van der Waals surface area contributed by atoms with Crippen molar-refractivity contribution >= 4 is 27.0 Å². The van der Waals surface area contributed by atoms with Crippen molar-refractivity contribution in [1.29, 1.82) is 0 Å². The number of nitrogens with zero attached hydrogens (tertiary/aromatic N) is 4. The van der Waals surface area contributed by atoms with Gasteiger partial charge in [0.25, 0.3) is 10.0 Å². The lowest BCUT2D eigenvalue weighted by Gasteiger charge is -2.09. The molecule has 0 saturated carbocycles. The van der Waals surface area contributed by atoms with Crippen LogP contribution in [0.5, 0.6) is 11.6 Å². The Hall–Kier alpha value is -3.24. The third kappa shape index (κ3) is 4.44. The molecule has 1 aromatic carbocycles. The second-order valence-electron chi connectivity index (χ2n) is 7.02. The Kier molecular flexibility index (Phi) is 5.50. The fourth-order valence-electron chi connectivity index (χ4n) is 2.92. The maximum absolute atomic E-state index is 12.5. The monoisotopic (exact) mass is 455 g/mol. The first-order valence-electron chi connectivity index (χ1n) is 9.45. The lowest BCUT2D eigenvalue weighted by atomic mass is 10.2. The van der Waals surface area contributed by atoms with Gasteiger partial charge in [0.05, 0.1) is 5.69 Å². The summed E-state index contributed by atoms with van der Waals surface area (Å²) in [5.41, 5.74) is 3.49. The van der Waals surface area contributed by atoms with Gasteiger partial charge in [0.15, 0.2) is 5.82 Å². The van der Waals surface area contributed by atoms with E-state index in [0.717, 1.165) is 21.8 Å². The summed E-state index contributed by atoms with van der Waals surface area (Å²) in [5.74, 6) is 1.48. The van der Waals surface area contributed by atoms with Crippen molar-refractivity contribution < 1.29 is 13.2 Å². The first kappa shape index (κ1) is 21.0. The van der Waals surface area contributed by atoms with Gasteiger partial charge in [0.1, 0.15) is 16.3 Å². The largest absolute Gasteiger partial charge is 0.439 e. The lowest BCUT2D eigenvalue weighted by Crippen LogP contribution is -2.11. The van der Waals surface area contributed by atoms with Crippen molar-refractivity contribution in [2.75, 3.05) is 4.72 Å². The van der Waals surface area contributed by atoms with Crippen molar-refractivity contribution in [1.82, 2.24) is 19.7 Å². The topological polar surface area (TPSA) is 99.0 Å². The van der Waals surface area contributed by atoms with Crippen LogP contribution in [0.1, 0.15) is 21.8 Å². The first-order valence-corrected chi connectivity index (χ1v) is 11.8. The lowest BCUT2D eigenvalue weighted by molar-refractivity contribution is 0.460. The van der Waals surface area contributed by atoms with Gasteiger partial charge in [0.2, 0.25) is 5.88 Å². The molecule has 10 heteroatoms. The highest BCUT2D eigenvalue weighted by molar-refractivity contribution is 7.94. The molecule has 31 heavy (non-hydrogen) atoms. The van der Waals surface area contributed by atoms with Crippen LogP contribution in [0.15, 0.2) is 53.0 Å². The molecule has 4 aromatic rings. The van der Waals surface area contributed by atoms with Gasteiger partial charge in [-0.05, 0) is 69.7 Å². The van der Waals surface area contributed by atoms with E-state index < -0.39 is 10.0 Å². The number of sulfonamides is 1. The van der Waals surface area contributed by atoms with Crippen molar-refractivity contribution in [2.24, 2.45) is 0 Å². The van der Waals surface area contributed by atoms with Crippen LogP contribution in [0.4, 0.5) is 5.69 Å². The van der Waals surface area contributed by atoms with E-state index in [1.807, 2.05) is 27.7 Å². The number of thiophene rings is 1. The van der Waals surface area contributed by atoms with Crippen molar-refractivity contribution in [2.45, 2.75) is 31.9 Å². The summed E-state index contributed by atoms with van der Waals surface area (Å²) in [6, 6.07) is 11.7. The molecule has 0 unspecified atom stereocenters. The quantitative estimate of drug-likeness (QED) is 0.458. The van der Waals surface area contributed by atoms with E-state index in [9.17, 15) is 8.42 Å². The third-order valence-corrected chi connectivity index (χ3v) is 7.68. The predicted molar refractivity (Wildman–Crippen MR) is 120 cm³/mol. The average molecular weight is 456 g/mol. The van der Waals surface area contributed by atoms with Gasteiger partial charge in [-0.25, -0.2) is 23.1 Å². The van der Waals surface area contributed by atoms with Crippen LogP contribution in [0, 0.1) is 27.7 Å². The third-order valence-electron chi connectivity index (χ3n) is 4.81. The molecule has 0 amide bonds. The van der Waals surface area contributed by atoms with Gasteiger partial charge in [-0.2, -0.15) is 5.10 Å². The Morgan fingerprint density at radius 1 is 1.00 bits per heavy atom. The molecule has 0 aliphatic carbocycles. The smallest absolute Gasteiger partial charge is 0.271 e. The van der Waals surface area contributed by atoms with Crippen LogP contribution in [-0.2, 0) is 10.0 Å². The normalized spacial score (nSPS) is 11.5. The molecule has 160 valence electrons. The number of aryl methyl sites for hydroxylation is 2. The molecule has 0 radical (unpaired) electrons. The summed E-state index contributed by atoms with van der Waals surface area (Å²) >= 11 is 1.23. The first-order chi connectivity index (χ1) is 14.7. The second kappa shape index (κ2) is 8.12. The number of nitrogens with one attached hydrogen (secondary N) is 1. The summed E-state index contributed by atoms with van der Waals surface area (Å²) in [5, 5.41) is 4.51. The number of benzene rings is 1. The van der Waals surface area contributed by atoms with Gasteiger partial charge in [-0.1, -0.05) is 0 Å². The number of hydrogen-bond donors (Lipinski definition) is 1. The average Bonchev–Trinajstić information content (AvgIpc) is 3.29. The van der Waals surface area contributed by atoms with E-state index in [4.69, 9.17) is 4.74 Å². The molecule has 0 spiro atoms. The van der Waals surface area contributed by atoms with Gasteiger partial charge >= 0.3 is 0 Å². The molecular weight excluding hydrogens is 434 g/mol. The fraction of sp³-hybridized carbons (Fsp3) is 0.190. The Morgan fingerprint density at radius 2 is 1.74 bits per heavy atom. The second-order valence-corrected chi connectivity index (χ2v) is 10.2. The van der Waals surface area contributed by atoms with Crippen LogP contribution in [0.25, 0.3) is 5.82 Å². The van der Waals surface area contributed by atoms with E-state index >= 15 is 0 Å². The highest BCUT2D eigenvalue weighted by atomic mass is 32.2. The molecule has 3 heterocycles. The Labute approximate surface area is 184 Å². The number of rotatable bonds is 6. The summed E-state index contributed by atoms with van der Waals surface area (Å²) < 4.78 is 35.3. The molecule has 0 fully saturated rings. The molecule has 0 aliphatic heterocycles. The molecule has 0 atom stereocenters. The van der Waals surface area contributed by atoms with Gasteiger partial charge in [0, 0.05) is 22.3 Å². The Bertz CT molecular complexity index is 1340. The van der Waals surface area contributed by atoms with Crippen LogP contribution >= 0.6 is 11.3 Å². The van der Waals surface area contributed by atoms with Gasteiger partial charge in [-0.15, -0.1) is 11.3 Å². The van der Waals surface area contributed by atoms with Crippen LogP contribution < -0.4 is 9.46 Å². The fourth-order valence-corrected chi connectivity index (χ4v) is 5.26. The van der Waals surface area contributed by atoms with Crippen LogP contribution in [0.2, 0.25) is 0 Å².